The molecule has 0 spiro atoms. The number of ether oxygens (including phenoxy) is 3. The fourth-order valence-electron chi connectivity index (χ4n) is 4.13. The minimum atomic E-state index is -0.469. The van der Waals surface area contributed by atoms with E-state index in [0.717, 1.165) is 40.9 Å². The number of allylic oxidation sites excluding steroid dienone is 1. The van der Waals surface area contributed by atoms with E-state index in [1.807, 2.05) is 85.8 Å². The van der Waals surface area contributed by atoms with Crippen LogP contribution in [0.1, 0.15) is 36.5 Å². The van der Waals surface area contributed by atoms with Crippen LogP contribution in [0.2, 0.25) is 0 Å². The van der Waals surface area contributed by atoms with E-state index in [-0.39, 0.29) is 6.61 Å². The third-order valence-corrected chi connectivity index (χ3v) is 5.73. The number of carbonyl (C=O) groups excluding carboxylic acids is 2. The number of benzene rings is 3. The largest absolute Gasteiger partial charge is 0.481 e. The molecule has 35 heavy (non-hydrogen) atoms. The van der Waals surface area contributed by atoms with Crippen molar-refractivity contribution in [2.75, 3.05) is 18.1 Å². The number of nitrogens with zero attached hydrogens (tertiary/aromatic N) is 1. The molecule has 0 saturated heterocycles. The Hall–Kier alpha value is -4.06. The summed E-state index contributed by atoms with van der Waals surface area (Å²) in [5.41, 5.74) is 4.32. The van der Waals surface area contributed by atoms with Crippen LogP contribution < -0.4 is 9.64 Å². The maximum absolute atomic E-state index is 13.4. The molecule has 3 aromatic carbocycles. The van der Waals surface area contributed by atoms with Crippen LogP contribution in [0.4, 0.5) is 16.2 Å². The van der Waals surface area contributed by atoms with Gasteiger partial charge in [0.05, 0.1) is 18.0 Å². The molecule has 0 saturated carbocycles. The molecule has 0 aliphatic heterocycles. The molecule has 1 amide bonds. The average Bonchev–Trinajstić information content (AvgIpc) is 3.07. The van der Waals surface area contributed by atoms with E-state index in [4.69, 9.17) is 14.2 Å². The zero-order chi connectivity index (χ0) is 24.6. The third kappa shape index (κ3) is 5.90. The van der Waals surface area contributed by atoms with Gasteiger partial charge in [-0.2, -0.15) is 0 Å². The Morgan fingerprint density at radius 3 is 2.17 bits per heavy atom. The number of aryl methyl sites for hydroxylation is 1. The predicted molar refractivity (Wildman–Crippen MR) is 136 cm³/mol. The Morgan fingerprint density at radius 1 is 0.886 bits per heavy atom. The van der Waals surface area contributed by atoms with Crippen LogP contribution in [0.3, 0.4) is 0 Å². The van der Waals surface area contributed by atoms with Gasteiger partial charge in [0, 0.05) is 12.0 Å². The number of hydrogen-bond acceptors (Lipinski definition) is 5. The molecule has 0 N–H and O–H groups in total. The predicted octanol–water partition coefficient (Wildman–Crippen LogP) is 6.59. The van der Waals surface area contributed by atoms with Crippen molar-refractivity contribution in [2.24, 2.45) is 0 Å². The highest BCUT2D eigenvalue weighted by molar-refractivity contribution is 5.96. The van der Waals surface area contributed by atoms with Crippen LogP contribution in [0.25, 0.3) is 6.08 Å². The lowest BCUT2D eigenvalue weighted by Crippen LogP contribution is -2.26. The minimum Gasteiger partial charge on any atom is -0.481 e. The zero-order valence-corrected chi connectivity index (χ0v) is 20.0. The van der Waals surface area contributed by atoms with Crippen molar-refractivity contribution in [2.45, 2.75) is 33.1 Å². The maximum atomic E-state index is 13.4. The van der Waals surface area contributed by atoms with Gasteiger partial charge in [-0.1, -0.05) is 48.5 Å². The van der Waals surface area contributed by atoms with Gasteiger partial charge in [0.1, 0.15) is 11.5 Å². The Balaban J connectivity index is 1.59. The fourth-order valence-corrected chi connectivity index (χ4v) is 4.13. The van der Waals surface area contributed by atoms with Crippen LogP contribution in [-0.2, 0) is 20.7 Å². The lowest BCUT2D eigenvalue weighted by molar-refractivity contribution is -0.145. The number of anilines is 2. The first-order valence-corrected chi connectivity index (χ1v) is 11.8. The molecule has 6 heteroatoms. The van der Waals surface area contributed by atoms with E-state index in [1.54, 1.807) is 11.8 Å². The summed E-state index contributed by atoms with van der Waals surface area (Å²) in [5.74, 6) is 0.880. The number of carbonyl (C=O) groups is 2. The van der Waals surface area contributed by atoms with Crippen LogP contribution in [0, 0.1) is 6.92 Å². The Labute approximate surface area is 205 Å². The summed E-state index contributed by atoms with van der Waals surface area (Å²) in [7, 11) is 0. The second-order valence-corrected chi connectivity index (χ2v) is 8.21. The molecular formula is C29H29NO5. The van der Waals surface area contributed by atoms with Crippen LogP contribution in [0.5, 0.6) is 5.75 Å². The highest BCUT2D eigenvalue weighted by Gasteiger charge is 2.23. The molecule has 0 fully saturated rings. The number of hydrogen-bond donors (Lipinski definition) is 0. The molecule has 0 radical (unpaired) electrons. The third-order valence-electron chi connectivity index (χ3n) is 5.73. The van der Waals surface area contributed by atoms with Crippen LogP contribution in [-0.4, -0.2) is 25.3 Å². The van der Waals surface area contributed by atoms with Crippen molar-refractivity contribution >= 4 is 29.5 Å². The van der Waals surface area contributed by atoms with Gasteiger partial charge in [-0.25, -0.2) is 14.5 Å². The van der Waals surface area contributed by atoms with Crippen molar-refractivity contribution in [3.63, 3.8) is 0 Å². The van der Waals surface area contributed by atoms with Crippen molar-refractivity contribution in [3.05, 3.63) is 95.2 Å². The van der Waals surface area contributed by atoms with Crippen LogP contribution >= 0.6 is 0 Å². The minimum absolute atomic E-state index is 0.139. The van der Waals surface area contributed by atoms with E-state index >= 15 is 0 Å². The van der Waals surface area contributed by atoms with E-state index < -0.39 is 12.1 Å². The standard InChI is InChI=1S/C29H29NO5/c1-3-33-27(31)20-34-28-21(2)17-18-22-19-25(15-10-16-26(22)28)35-29(32)30(23-11-6-4-7-12-23)24-13-8-5-9-14-24/h4-9,11-14,17-19H,3,10,15-16,20H2,1-2H3. The molecule has 4 rings (SSSR count). The molecule has 1 aliphatic rings. The van der Waals surface area contributed by atoms with Gasteiger partial charge in [0.15, 0.2) is 6.61 Å². The first kappa shape index (κ1) is 24.1. The van der Waals surface area contributed by atoms with Crippen molar-refractivity contribution in [1.29, 1.82) is 0 Å². The number of rotatable bonds is 7. The molecule has 6 nitrogen and oxygen atoms in total. The first-order valence-electron chi connectivity index (χ1n) is 11.8. The van der Waals surface area contributed by atoms with Gasteiger partial charge in [-0.15, -0.1) is 0 Å². The van der Waals surface area contributed by atoms with E-state index in [1.165, 1.54) is 0 Å². The summed E-state index contributed by atoms with van der Waals surface area (Å²) < 4.78 is 16.8. The quantitative estimate of drug-likeness (QED) is 0.364. The summed E-state index contributed by atoms with van der Waals surface area (Å²) in [5, 5.41) is 0. The van der Waals surface area contributed by atoms with Crippen molar-refractivity contribution < 1.29 is 23.8 Å². The van der Waals surface area contributed by atoms with Crippen molar-refractivity contribution in [3.8, 4) is 5.75 Å². The van der Waals surface area contributed by atoms with Gasteiger partial charge in [-0.3, -0.25) is 0 Å². The topological polar surface area (TPSA) is 65.1 Å². The molecule has 0 unspecified atom stereocenters. The molecule has 180 valence electrons. The highest BCUT2D eigenvalue weighted by atomic mass is 16.6. The number of para-hydroxylation sites is 2. The van der Waals surface area contributed by atoms with Gasteiger partial charge < -0.3 is 14.2 Å². The normalized spacial score (nSPS) is 12.6. The highest BCUT2D eigenvalue weighted by Crippen LogP contribution is 2.34. The van der Waals surface area contributed by atoms with E-state index in [0.29, 0.717) is 24.5 Å². The van der Waals surface area contributed by atoms with Gasteiger partial charge in [-0.05, 0) is 68.2 Å². The molecule has 0 heterocycles. The SMILES string of the molecule is CCOC(=O)COc1c(C)ccc2c1CCCC(OC(=O)N(c1ccccc1)c1ccccc1)=C2. The van der Waals surface area contributed by atoms with Crippen LogP contribution in [0.15, 0.2) is 78.6 Å². The van der Waals surface area contributed by atoms with E-state index in [9.17, 15) is 9.59 Å². The summed E-state index contributed by atoms with van der Waals surface area (Å²) in [6.45, 7) is 3.89. The summed E-state index contributed by atoms with van der Waals surface area (Å²) in [4.78, 5) is 26.8. The Morgan fingerprint density at radius 2 is 1.54 bits per heavy atom. The number of fused-ring (bicyclic) bond motifs is 1. The summed E-state index contributed by atoms with van der Waals surface area (Å²) >= 11 is 0. The second kappa shape index (κ2) is 11.4. The molecule has 3 aromatic rings. The molecule has 1 aliphatic carbocycles. The fraction of sp³-hybridized carbons (Fsp3) is 0.241. The van der Waals surface area contributed by atoms with Gasteiger partial charge in [0.25, 0.3) is 0 Å². The first-order chi connectivity index (χ1) is 17.1. The lowest BCUT2D eigenvalue weighted by atomic mass is 10.00. The number of esters is 1. The molecule has 0 bridgehead atoms. The van der Waals surface area contributed by atoms with E-state index in [2.05, 4.69) is 0 Å². The summed E-state index contributed by atoms with van der Waals surface area (Å²) in [6, 6.07) is 22.8. The maximum Gasteiger partial charge on any atom is 0.424 e. The molecule has 0 atom stereocenters. The Kier molecular flexibility index (Phi) is 7.83. The number of amides is 1. The smallest absolute Gasteiger partial charge is 0.424 e. The zero-order valence-electron chi connectivity index (χ0n) is 20.0. The molecular weight excluding hydrogens is 442 g/mol. The monoisotopic (exact) mass is 471 g/mol. The van der Waals surface area contributed by atoms with Crippen molar-refractivity contribution in [1.82, 2.24) is 0 Å². The molecule has 0 aromatic heterocycles. The Bertz CT molecular complexity index is 1170. The second-order valence-electron chi connectivity index (χ2n) is 8.21. The average molecular weight is 472 g/mol. The summed E-state index contributed by atoms with van der Waals surface area (Å²) in [6.07, 6.45) is 3.55. The lowest BCUT2D eigenvalue weighted by Gasteiger charge is -2.23. The van der Waals surface area contributed by atoms with Gasteiger partial charge >= 0.3 is 12.1 Å². The van der Waals surface area contributed by atoms with Gasteiger partial charge in [0.2, 0.25) is 0 Å².